The Morgan fingerprint density at radius 3 is 2.64 bits per heavy atom. The largest absolute Gasteiger partial charge is 0.469 e. The van der Waals surface area contributed by atoms with Crippen molar-refractivity contribution in [1.82, 2.24) is 19.5 Å². The van der Waals surface area contributed by atoms with Crippen LogP contribution < -0.4 is 5.32 Å². The van der Waals surface area contributed by atoms with Crippen molar-refractivity contribution in [2.75, 3.05) is 19.0 Å². The number of imidazole rings is 1. The predicted molar refractivity (Wildman–Crippen MR) is 101 cm³/mol. The third-order valence-electron chi connectivity index (χ3n) is 3.80. The molecule has 0 bridgehead atoms. The van der Waals surface area contributed by atoms with Crippen molar-refractivity contribution in [3.05, 3.63) is 10.2 Å². The molecule has 3 atom stereocenters. The average Bonchev–Trinajstić information content (AvgIpc) is 3.13. The molecule has 0 unspecified atom stereocenters. The van der Waals surface area contributed by atoms with E-state index < -0.39 is 40.7 Å². The lowest BCUT2D eigenvalue weighted by atomic mass is 10.2. The number of nitrogens with zero attached hydrogens (tertiary/aromatic N) is 4. The number of rotatable bonds is 7. The first-order chi connectivity index (χ1) is 13.0. The normalized spacial score (nSPS) is 23.4. The molecular formula is C11H16IN5O9P2. The lowest BCUT2D eigenvalue weighted by Gasteiger charge is -2.19. The fourth-order valence-corrected chi connectivity index (χ4v) is 4.14. The molecule has 28 heavy (non-hydrogen) atoms. The molecule has 5 N–H and O–H groups in total. The summed E-state index contributed by atoms with van der Waals surface area (Å²) < 4.78 is 39.0. The summed E-state index contributed by atoms with van der Waals surface area (Å²) in [6.07, 6.45) is -1.77. The zero-order valence-electron chi connectivity index (χ0n) is 14.1. The van der Waals surface area contributed by atoms with Gasteiger partial charge in [0.15, 0.2) is 20.8 Å². The SMILES string of the molecule is CNc1nc(I)nc2c1ncn2[C@H]1C[C@H](OP(=O)(O)O)[C@@H](COP(=O)(O)O)O1. The third kappa shape index (κ3) is 5.24. The highest BCUT2D eigenvalue weighted by atomic mass is 127. The van der Waals surface area contributed by atoms with Crippen LogP contribution in [0.3, 0.4) is 0 Å². The summed E-state index contributed by atoms with van der Waals surface area (Å²) in [5.74, 6) is 0.482. The third-order valence-corrected chi connectivity index (χ3v) is 5.31. The van der Waals surface area contributed by atoms with Crippen molar-refractivity contribution in [3.63, 3.8) is 0 Å². The fraction of sp³-hybridized carbons (Fsp3) is 0.545. The minimum absolute atomic E-state index is 0.0405. The van der Waals surface area contributed by atoms with Crippen molar-refractivity contribution in [1.29, 1.82) is 0 Å². The van der Waals surface area contributed by atoms with Gasteiger partial charge in [0, 0.05) is 36.1 Å². The predicted octanol–water partition coefficient (Wildman–Crippen LogP) is 0.347. The van der Waals surface area contributed by atoms with Crippen LogP contribution in [0.15, 0.2) is 6.33 Å². The van der Waals surface area contributed by atoms with Crippen LogP contribution in [0, 0.1) is 3.83 Å². The van der Waals surface area contributed by atoms with Crippen molar-refractivity contribution < 1.29 is 42.5 Å². The van der Waals surface area contributed by atoms with Crippen LogP contribution in [0.1, 0.15) is 12.6 Å². The molecule has 1 saturated heterocycles. The molecule has 0 radical (unpaired) electrons. The van der Waals surface area contributed by atoms with Gasteiger partial charge in [-0.15, -0.1) is 0 Å². The van der Waals surface area contributed by atoms with Gasteiger partial charge in [-0.3, -0.25) is 13.6 Å². The van der Waals surface area contributed by atoms with E-state index in [9.17, 15) is 9.13 Å². The van der Waals surface area contributed by atoms with Crippen LogP contribution in [0.5, 0.6) is 0 Å². The maximum atomic E-state index is 11.2. The Kier molecular flexibility index (Phi) is 6.41. The molecule has 3 rings (SSSR count). The Morgan fingerprint density at radius 2 is 2.04 bits per heavy atom. The van der Waals surface area contributed by atoms with Gasteiger partial charge in [0.05, 0.1) is 12.9 Å². The molecular weight excluding hydrogens is 535 g/mol. The molecule has 17 heteroatoms. The average molecular weight is 551 g/mol. The minimum atomic E-state index is -4.88. The van der Waals surface area contributed by atoms with E-state index in [1.54, 1.807) is 7.05 Å². The number of ether oxygens (including phenoxy) is 1. The quantitative estimate of drug-likeness (QED) is 0.180. The van der Waals surface area contributed by atoms with E-state index in [0.717, 1.165) is 0 Å². The number of hydrogen-bond acceptors (Lipinski definition) is 9. The van der Waals surface area contributed by atoms with Gasteiger partial charge in [-0.1, -0.05) is 0 Å². The van der Waals surface area contributed by atoms with Crippen LogP contribution in [0.4, 0.5) is 5.82 Å². The smallest absolute Gasteiger partial charge is 0.371 e. The number of aromatic nitrogens is 4. The second-order valence-corrected chi connectivity index (χ2v) is 9.10. The van der Waals surface area contributed by atoms with Crippen LogP contribution in [-0.2, 0) is 22.9 Å². The highest BCUT2D eigenvalue weighted by Crippen LogP contribution is 2.45. The molecule has 2 aromatic rings. The van der Waals surface area contributed by atoms with Crippen molar-refractivity contribution in [2.24, 2.45) is 0 Å². The summed E-state index contributed by atoms with van der Waals surface area (Å²) in [6, 6.07) is 0. The zero-order chi connectivity index (χ0) is 20.7. The molecule has 0 amide bonds. The molecule has 14 nitrogen and oxygen atoms in total. The number of phosphoric acid groups is 2. The fourth-order valence-electron chi connectivity index (χ4n) is 2.75. The molecule has 0 aliphatic carbocycles. The van der Waals surface area contributed by atoms with Crippen LogP contribution in [-0.4, -0.2) is 65.0 Å². The van der Waals surface area contributed by atoms with E-state index in [1.165, 1.54) is 10.9 Å². The number of nitrogens with one attached hydrogen (secondary N) is 1. The number of hydrogen-bond donors (Lipinski definition) is 5. The standard InChI is InChI=1S/C11H16IN5O9P2/c1-13-9-8-10(16-11(12)15-9)17(4-14-8)7-2-5(26-28(21,22)23)6(25-7)3-24-27(18,19)20/h4-7H,2-3H2,1H3,(H,13,15,16)(H2,18,19,20)(H2,21,22,23)/t5-,6+,7+/m0/s1. The molecule has 1 aliphatic heterocycles. The topological polar surface area (TPSA) is 198 Å². The van der Waals surface area contributed by atoms with Gasteiger partial charge in [-0.05, 0) is 0 Å². The van der Waals surface area contributed by atoms with E-state index in [-0.39, 0.29) is 6.42 Å². The molecule has 0 saturated carbocycles. The summed E-state index contributed by atoms with van der Waals surface area (Å²) in [6.45, 7) is -0.633. The molecule has 0 aromatic carbocycles. The number of phosphoric ester groups is 2. The summed E-state index contributed by atoms with van der Waals surface area (Å²) in [7, 11) is -8.02. The van der Waals surface area contributed by atoms with Gasteiger partial charge in [0.25, 0.3) is 0 Å². The Hall–Kier alpha value is -0.740. The molecule has 2 aromatic heterocycles. The molecule has 1 aliphatic rings. The summed E-state index contributed by atoms with van der Waals surface area (Å²) in [4.78, 5) is 48.7. The monoisotopic (exact) mass is 551 g/mol. The Balaban J connectivity index is 1.90. The van der Waals surface area contributed by atoms with Crippen LogP contribution in [0.25, 0.3) is 11.2 Å². The van der Waals surface area contributed by atoms with Crippen LogP contribution >= 0.6 is 38.2 Å². The number of anilines is 1. The van der Waals surface area contributed by atoms with Crippen LogP contribution in [0.2, 0.25) is 0 Å². The zero-order valence-corrected chi connectivity index (χ0v) is 18.1. The highest BCUT2D eigenvalue weighted by molar-refractivity contribution is 14.1. The first-order valence-electron chi connectivity index (χ1n) is 7.64. The molecule has 3 heterocycles. The minimum Gasteiger partial charge on any atom is -0.371 e. The van der Waals surface area contributed by atoms with Crippen molar-refractivity contribution in [2.45, 2.75) is 24.9 Å². The van der Waals surface area contributed by atoms with Crippen molar-refractivity contribution in [3.8, 4) is 0 Å². The Labute approximate surface area is 171 Å². The van der Waals surface area contributed by atoms with E-state index in [0.29, 0.717) is 20.8 Å². The van der Waals surface area contributed by atoms with Gasteiger partial charge in [0.2, 0.25) is 0 Å². The first kappa shape index (κ1) is 22.0. The van der Waals surface area contributed by atoms with Gasteiger partial charge < -0.3 is 29.6 Å². The van der Waals surface area contributed by atoms with Gasteiger partial charge in [0.1, 0.15) is 18.4 Å². The van der Waals surface area contributed by atoms with Crippen molar-refractivity contribution >= 4 is 55.2 Å². The number of fused-ring (bicyclic) bond motifs is 1. The molecule has 0 spiro atoms. The lowest BCUT2D eigenvalue weighted by molar-refractivity contribution is -0.0417. The first-order valence-corrected chi connectivity index (χ1v) is 11.8. The maximum absolute atomic E-state index is 11.2. The number of halogens is 1. The summed E-state index contributed by atoms with van der Waals surface area (Å²) >= 11 is 1.92. The molecule has 1 fully saturated rings. The second kappa shape index (κ2) is 8.18. The Bertz CT molecular complexity index is 961. The van der Waals surface area contributed by atoms with Gasteiger partial charge in [-0.2, -0.15) is 0 Å². The van der Waals surface area contributed by atoms with Gasteiger partial charge >= 0.3 is 15.6 Å². The van der Waals surface area contributed by atoms with Gasteiger partial charge in [-0.25, -0.2) is 24.1 Å². The highest BCUT2D eigenvalue weighted by Gasteiger charge is 2.42. The second-order valence-electron chi connectivity index (χ2n) is 5.70. The summed E-state index contributed by atoms with van der Waals surface area (Å²) in [5, 5.41) is 2.89. The molecule has 156 valence electrons. The van der Waals surface area contributed by atoms with E-state index in [2.05, 4.69) is 24.8 Å². The van der Waals surface area contributed by atoms with E-state index in [4.69, 9.17) is 28.8 Å². The summed E-state index contributed by atoms with van der Waals surface area (Å²) in [5.41, 5.74) is 0.856. The lowest BCUT2D eigenvalue weighted by Crippen LogP contribution is -2.28. The Morgan fingerprint density at radius 1 is 1.32 bits per heavy atom. The maximum Gasteiger partial charge on any atom is 0.469 e. The van der Waals surface area contributed by atoms with E-state index >= 15 is 0 Å². The van der Waals surface area contributed by atoms with E-state index in [1.807, 2.05) is 22.6 Å².